The van der Waals surface area contributed by atoms with Crippen molar-refractivity contribution in [2.24, 2.45) is 0 Å². The molecule has 2 aromatic carbocycles. The lowest BCUT2D eigenvalue weighted by Gasteiger charge is -2.34. The minimum atomic E-state index is -1.87. The van der Waals surface area contributed by atoms with Crippen LogP contribution in [-0.2, 0) is 22.2 Å². The molecule has 0 atom stereocenters. The van der Waals surface area contributed by atoms with Crippen LogP contribution in [0.25, 0.3) is 6.08 Å². The molecule has 37 heavy (non-hydrogen) atoms. The number of tetrazole rings is 1. The quantitative estimate of drug-likeness (QED) is 0.289. The standard InChI is InChI=1S/C28H37N5O2SSi/c1-27(2,3)19-14-18(15-20(28(4,5)6)25(19)35-37(7,8)9)16-23-26(34)33(17-24-29-31-32-30-24)21-12-10-11-13-22(21)36-23/h10-16H,17H2,1-9H3,(H,29,30,31,32)/b23-16-. The number of carbonyl (C=O) groups is 1. The van der Waals surface area contributed by atoms with Gasteiger partial charge in [0.05, 0.1) is 17.1 Å². The molecule has 0 saturated heterocycles. The van der Waals surface area contributed by atoms with E-state index in [4.69, 9.17) is 4.43 Å². The van der Waals surface area contributed by atoms with Gasteiger partial charge in [-0.2, -0.15) is 5.21 Å². The number of anilines is 1. The fourth-order valence-electron chi connectivity index (χ4n) is 4.23. The zero-order valence-corrected chi connectivity index (χ0v) is 25.1. The molecule has 0 fully saturated rings. The lowest BCUT2D eigenvalue weighted by atomic mass is 9.78. The fourth-order valence-corrected chi connectivity index (χ4v) is 6.12. The van der Waals surface area contributed by atoms with Gasteiger partial charge in [0.25, 0.3) is 5.91 Å². The zero-order chi connectivity index (χ0) is 27.2. The second-order valence-electron chi connectivity index (χ2n) is 12.5. The number of para-hydroxylation sites is 1. The molecule has 0 spiro atoms. The Labute approximate surface area is 225 Å². The molecular weight excluding hydrogens is 498 g/mol. The fraction of sp³-hybridized carbons (Fsp3) is 0.429. The SMILES string of the molecule is CC(C)(C)c1cc(/C=C2\Sc3ccccc3N(Cc3nn[nH]n3)C2=O)cc(C(C)(C)C)c1O[Si](C)(C)C. The molecule has 1 aromatic heterocycles. The van der Waals surface area contributed by atoms with Crippen LogP contribution in [0.5, 0.6) is 5.75 Å². The monoisotopic (exact) mass is 535 g/mol. The van der Waals surface area contributed by atoms with Crippen LogP contribution in [0, 0.1) is 0 Å². The summed E-state index contributed by atoms with van der Waals surface area (Å²) in [6.07, 6.45) is 2.01. The Morgan fingerprint density at radius 1 is 1.03 bits per heavy atom. The van der Waals surface area contributed by atoms with Crippen molar-refractivity contribution in [2.75, 3.05) is 4.90 Å². The minimum absolute atomic E-state index is 0.0782. The van der Waals surface area contributed by atoms with Gasteiger partial charge in [0.2, 0.25) is 8.32 Å². The first-order valence-corrected chi connectivity index (χ1v) is 16.8. The van der Waals surface area contributed by atoms with Gasteiger partial charge in [0.15, 0.2) is 5.82 Å². The van der Waals surface area contributed by atoms with Gasteiger partial charge < -0.3 is 4.43 Å². The summed E-state index contributed by atoms with van der Waals surface area (Å²) >= 11 is 1.50. The van der Waals surface area contributed by atoms with Crippen LogP contribution in [0.4, 0.5) is 5.69 Å². The maximum atomic E-state index is 13.8. The number of rotatable bonds is 5. The third kappa shape index (κ3) is 6.15. The van der Waals surface area contributed by atoms with Gasteiger partial charge in [0, 0.05) is 4.90 Å². The van der Waals surface area contributed by atoms with Crippen LogP contribution in [0.15, 0.2) is 46.2 Å². The molecule has 0 unspecified atom stereocenters. The lowest BCUT2D eigenvalue weighted by molar-refractivity contribution is -0.114. The molecule has 2 heterocycles. The number of hydrogen-bond acceptors (Lipinski definition) is 6. The smallest absolute Gasteiger partial charge is 0.265 e. The number of thioether (sulfide) groups is 1. The normalized spacial score (nSPS) is 15.8. The van der Waals surface area contributed by atoms with Gasteiger partial charge in [-0.05, 0) is 77.5 Å². The first kappa shape index (κ1) is 27.1. The number of benzene rings is 2. The Bertz CT molecular complexity index is 1300. The number of H-pyrrole nitrogens is 1. The molecule has 1 N–H and O–H groups in total. The van der Waals surface area contributed by atoms with Crippen LogP contribution in [0.1, 0.15) is 64.1 Å². The van der Waals surface area contributed by atoms with Gasteiger partial charge in [-0.1, -0.05) is 70.7 Å². The maximum Gasteiger partial charge on any atom is 0.265 e. The molecule has 3 aromatic rings. The van der Waals surface area contributed by atoms with Crippen molar-refractivity contribution in [3.63, 3.8) is 0 Å². The molecule has 1 aliphatic heterocycles. The average molecular weight is 536 g/mol. The van der Waals surface area contributed by atoms with Gasteiger partial charge in [-0.25, -0.2) is 0 Å². The van der Waals surface area contributed by atoms with E-state index in [-0.39, 0.29) is 23.3 Å². The predicted molar refractivity (Wildman–Crippen MR) is 153 cm³/mol. The molecule has 9 heteroatoms. The maximum absolute atomic E-state index is 13.8. The van der Waals surface area contributed by atoms with Crippen LogP contribution >= 0.6 is 11.8 Å². The molecule has 196 valence electrons. The topological polar surface area (TPSA) is 84.0 Å². The summed E-state index contributed by atoms with van der Waals surface area (Å²) in [6.45, 7) is 20.2. The number of carbonyl (C=O) groups excluding carboxylic acids is 1. The summed E-state index contributed by atoms with van der Waals surface area (Å²) in [5.74, 6) is 1.38. The molecule has 0 bridgehead atoms. The first-order chi connectivity index (χ1) is 17.1. The van der Waals surface area contributed by atoms with E-state index in [0.29, 0.717) is 10.7 Å². The second kappa shape index (κ2) is 9.76. The van der Waals surface area contributed by atoms with Crippen molar-refractivity contribution in [1.82, 2.24) is 20.6 Å². The summed E-state index contributed by atoms with van der Waals surface area (Å²) in [4.78, 5) is 17.2. The van der Waals surface area contributed by atoms with Gasteiger partial charge in [-0.3, -0.25) is 9.69 Å². The van der Waals surface area contributed by atoms with E-state index in [1.54, 1.807) is 4.90 Å². The predicted octanol–water partition coefficient (Wildman–Crippen LogP) is 6.69. The van der Waals surface area contributed by atoms with Crippen molar-refractivity contribution in [3.8, 4) is 5.75 Å². The first-order valence-electron chi connectivity index (χ1n) is 12.5. The van der Waals surface area contributed by atoms with E-state index in [0.717, 1.165) is 33.0 Å². The number of nitrogens with zero attached hydrogens (tertiary/aromatic N) is 4. The number of aromatic nitrogens is 4. The Morgan fingerprint density at radius 3 is 2.19 bits per heavy atom. The number of amides is 1. The van der Waals surface area contributed by atoms with E-state index < -0.39 is 8.32 Å². The Balaban J connectivity index is 1.86. The molecule has 1 amide bonds. The van der Waals surface area contributed by atoms with E-state index in [9.17, 15) is 4.79 Å². The molecule has 7 nitrogen and oxygen atoms in total. The summed E-state index contributed by atoms with van der Waals surface area (Å²) in [5.41, 5.74) is 3.89. The van der Waals surface area contributed by atoms with Crippen molar-refractivity contribution in [1.29, 1.82) is 0 Å². The third-order valence-corrected chi connectivity index (χ3v) is 7.85. The summed E-state index contributed by atoms with van der Waals surface area (Å²) < 4.78 is 6.72. The van der Waals surface area contributed by atoms with Gasteiger partial charge in [0.1, 0.15) is 5.75 Å². The average Bonchev–Trinajstić information content (AvgIpc) is 3.28. The highest BCUT2D eigenvalue weighted by atomic mass is 32.2. The third-order valence-electron chi connectivity index (χ3n) is 5.95. The van der Waals surface area contributed by atoms with Crippen LogP contribution in [-0.4, -0.2) is 34.8 Å². The van der Waals surface area contributed by atoms with Crippen molar-refractivity contribution < 1.29 is 9.22 Å². The Kier molecular flexibility index (Phi) is 7.15. The molecule has 1 aliphatic rings. The van der Waals surface area contributed by atoms with Gasteiger partial charge in [-0.15, -0.1) is 10.2 Å². The highest BCUT2D eigenvalue weighted by Gasteiger charge is 2.33. The van der Waals surface area contributed by atoms with Crippen LogP contribution in [0.3, 0.4) is 0 Å². The summed E-state index contributed by atoms with van der Waals surface area (Å²) in [5, 5.41) is 14.3. The number of nitrogens with one attached hydrogen (secondary N) is 1. The minimum Gasteiger partial charge on any atom is -0.544 e. The van der Waals surface area contributed by atoms with E-state index >= 15 is 0 Å². The second-order valence-corrected chi connectivity index (χ2v) is 18.0. The highest BCUT2D eigenvalue weighted by Crippen LogP contribution is 2.45. The number of aromatic amines is 1. The Morgan fingerprint density at radius 2 is 1.65 bits per heavy atom. The summed E-state index contributed by atoms with van der Waals surface area (Å²) in [7, 11) is -1.87. The van der Waals surface area contributed by atoms with Crippen molar-refractivity contribution in [3.05, 3.63) is 63.8 Å². The zero-order valence-electron chi connectivity index (χ0n) is 23.3. The van der Waals surface area contributed by atoms with Crippen molar-refractivity contribution in [2.45, 2.75) is 83.5 Å². The van der Waals surface area contributed by atoms with Crippen molar-refractivity contribution >= 4 is 37.7 Å². The molecule has 0 aliphatic carbocycles. The largest absolute Gasteiger partial charge is 0.544 e. The van der Waals surface area contributed by atoms with Gasteiger partial charge >= 0.3 is 0 Å². The van der Waals surface area contributed by atoms with Crippen LogP contribution in [0.2, 0.25) is 19.6 Å². The molecule has 0 saturated carbocycles. The number of fused-ring (bicyclic) bond motifs is 1. The number of hydrogen-bond donors (Lipinski definition) is 1. The van der Waals surface area contributed by atoms with Crippen LogP contribution < -0.4 is 9.33 Å². The van der Waals surface area contributed by atoms with E-state index in [2.05, 4.69) is 93.9 Å². The summed E-state index contributed by atoms with van der Waals surface area (Å²) in [6, 6.07) is 12.3. The molecule has 0 radical (unpaired) electrons. The molecular formula is C28H37N5O2SSi. The lowest BCUT2D eigenvalue weighted by Crippen LogP contribution is -2.34. The molecule has 4 rings (SSSR count). The van der Waals surface area contributed by atoms with E-state index in [1.165, 1.54) is 11.8 Å². The highest BCUT2D eigenvalue weighted by molar-refractivity contribution is 8.04. The van der Waals surface area contributed by atoms with E-state index in [1.807, 2.05) is 30.3 Å². The Hall–Kier alpha value is -2.91.